The first-order valence-electron chi connectivity index (χ1n) is 7.64. The minimum Gasteiger partial charge on any atom is -0.335 e. The van der Waals surface area contributed by atoms with Crippen LogP contribution in [0.25, 0.3) is 0 Å². The highest BCUT2D eigenvalue weighted by Gasteiger charge is 2.43. The number of carbonyl (C=O) groups excluding carboxylic acids is 1. The highest BCUT2D eigenvalue weighted by Crippen LogP contribution is 2.32. The summed E-state index contributed by atoms with van der Waals surface area (Å²) in [6, 6.07) is 7.19. The van der Waals surface area contributed by atoms with E-state index in [0.29, 0.717) is 30.3 Å². The van der Waals surface area contributed by atoms with Crippen molar-refractivity contribution in [3.05, 3.63) is 34.9 Å². The van der Waals surface area contributed by atoms with Crippen LogP contribution in [0.15, 0.2) is 18.2 Å². The number of rotatable bonds is 2. The third-order valence-electron chi connectivity index (χ3n) is 4.91. The van der Waals surface area contributed by atoms with E-state index in [0.717, 1.165) is 19.5 Å². The third kappa shape index (κ3) is 2.35. The molecule has 2 aliphatic heterocycles. The fourth-order valence-corrected chi connectivity index (χ4v) is 3.84. The zero-order valence-electron chi connectivity index (χ0n) is 12.6. The largest absolute Gasteiger partial charge is 0.335 e. The molecule has 20 heavy (non-hydrogen) atoms. The van der Waals surface area contributed by atoms with Gasteiger partial charge >= 0.3 is 0 Å². The third-order valence-corrected chi connectivity index (χ3v) is 4.91. The van der Waals surface area contributed by atoms with Gasteiger partial charge in [0.1, 0.15) is 0 Å². The number of nitrogens with zero attached hydrogens (tertiary/aromatic N) is 1. The molecule has 3 atom stereocenters. The fourth-order valence-electron chi connectivity index (χ4n) is 3.84. The first kappa shape index (κ1) is 13.6. The molecule has 3 nitrogen and oxygen atoms in total. The van der Waals surface area contributed by atoms with Crippen LogP contribution in [0, 0.1) is 19.8 Å². The number of amides is 1. The van der Waals surface area contributed by atoms with Gasteiger partial charge in [0.25, 0.3) is 0 Å². The maximum atomic E-state index is 12.7. The molecule has 0 saturated carbocycles. The van der Waals surface area contributed by atoms with Gasteiger partial charge in [-0.2, -0.15) is 0 Å². The number of nitrogens with one attached hydrogen (secondary N) is 1. The number of hydrogen-bond donors (Lipinski definition) is 1. The first-order valence-corrected chi connectivity index (χ1v) is 7.64. The maximum absolute atomic E-state index is 12.7. The van der Waals surface area contributed by atoms with Gasteiger partial charge in [-0.15, -0.1) is 0 Å². The summed E-state index contributed by atoms with van der Waals surface area (Å²) in [5, 5.41) is 3.42. The quantitative estimate of drug-likeness (QED) is 0.893. The predicted molar refractivity (Wildman–Crippen MR) is 80.7 cm³/mol. The molecule has 3 unspecified atom stereocenters. The number of hydrogen-bond acceptors (Lipinski definition) is 2. The highest BCUT2D eigenvalue weighted by molar-refractivity contribution is 5.80. The zero-order chi connectivity index (χ0) is 14.3. The van der Waals surface area contributed by atoms with Crippen molar-refractivity contribution < 1.29 is 4.79 Å². The second-order valence-corrected chi connectivity index (χ2v) is 6.48. The van der Waals surface area contributed by atoms with Crippen LogP contribution in [0.3, 0.4) is 0 Å². The Balaban J connectivity index is 1.77. The van der Waals surface area contributed by atoms with Crippen LogP contribution in [-0.4, -0.2) is 36.0 Å². The monoisotopic (exact) mass is 272 g/mol. The lowest BCUT2D eigenvalue weighted by molar-refractivity contribution is -0.133. The van der Waals surface area contributed by atoms with Crippen LogP contribution in [0.5, 0.6) is 0 Å². The minimum absolute atomic E-state index is 0.294. The van der Waals surface area contributed by atoms with Crippen molar-refractivity contribution >= 4 is 5.91 Å². The molecule has 0 aromatic heterocycles. The zero-order valence-corrected chi connectivity index (χ0v) is 12.6. The molecule has 2 fully saturated rings. The van der Waals surface area contributed by atoms with Crippen molar-refractivity contribution in [1.29, 1.82) is 0 Å². The van der Waals surface area contributed by atoms with E-state index >= 15 is 0 Å². The van der Waals surface area contributed by atoms with Crippen molar-refractivity contribution in [3.8, 4) is 0 Å². The summed E-state index contributed by atoms with van der Waals surface area (Å²) < 4.78 is 0. The molecule has 0 spiro atoms. The van der Waals surface area contributed by atoms with Crippen LogP contribution < -0.4 is 5.32 Å². The van der Waals surface area contributed by atoms with Crippen molar-refractivity contribution in [3.63, 3.8) is 0 Å². The van der Waals surface area contributed by atoms with E-state index in [4.69, 9.17) is 0 Å². The van der Waals surface area contributed by atoms with E-state index in [1.54, 1.807) is 0 Å². The van der Waals surface area contributed by atoms with Gasteiger partial charge in [-0.25, -0.2) is 0 Å². The summed E-state index contributed by atoms with van der Waals surface area (Å²) in [7, 11) is 0. The van der Waals surface area contributed by atoms with E-state index in [-0.39, 0.29) is 0 Å². The second kappa shape index (κ2) is 5.21. The van der Waals surface area contributed by atoms with Gasteiger partial charge in [0.2, 0.25) is 5.91 Å². The smallest absolute Gasteiger partial charge is 0.227 e. The SMILES string of the molecule is Cc1ccc(C)c(CC(=O)N2C(C)CC3CNCC32)c1. The van der Waals surface area contributed by atoms with Gasteiger partial charge in [0.05, 0.1) is 6.42 Å². The lowest BCUT2D eigenvalue weighted by atomic mass is 10.0. The standard InChI is InChI=1S/C17H24N2O/c1-11-4-5-12(2)14(6-11)8-17(20)19-13(3)7-15-9-18-10-16(15)19/h4-6,13,15-16,18H,7-10H2,1-3H3. The average Bonchev–Trinajstić information content (AvgIpc) is 2.93. The number of benzene rings is 1. The topological polar surface area (TPSA) is 32.3 Å². The lowest BCUT2D eigenvalue weighted by Crippen LogP contribution is -2.43. The molecular formula is C17H24N2O. The Labute approximate surface area is 121 Å². The highest BCUT2D eigenvalue weighted by atomic mass is 16.2. The van der Waals surface area contributed by atoms with Crippen LogP contribution >= 0.6 is 0 Å². The molecule has 3 heteroatoms. The molecule has 1 amide bonds. The molecule has 2 aliphatic rings. The van der Waals surface area contributed by atoms with Crippen LogP contribution in [-0.2, 0) is 11.2 Å². The van der Waals surface area contributed by atoms with Crippen molar-refractivity contribution in [2.24, 2.45) is 5.92 Å². The summed E-state index contributed by atoms with van der Waals surface area (Å²) in [6.45, 7) is 8.41. The summed E-state index contributed by atoms with van der Waals surface area (Å²) in [5.74, 6) is 0.954. The number of likely N-dealkylation sites (tertiary alicyclic amines) is 1. The Morgan fingerprint density at radius 1 is 1.35 bits per heavy atom. The van der Waals surface area contributed by atoms with Crippen LogP contribution in [0.2, 0.25) is 0 Å². The molecule has 1 N–H and O–H groups in total. The lowest BCUT2D eigenvalue weighted by Gasteiger charge is -2.28. The minimum atomic E-state index is 0.294. The number of aryl methyl sites for hydroxylation is 2. The van der Waals surface area contributed by atoms with E-state index < -0.39 is 0 Å². The molecule has 3 rings (SSSR count). The summed E-state index contributed by atoms with van der Waals surface area (Å²) in [4.78, 5) is 14.9. The molecule has 108 valence electrons. The molecule has 0 bridgehead atoms. The van der Waals surface area contributed by atoms with Gasteiger partial charge in [-0.3, -0.25) is 4.79 Å². The Kier molecular flexibility index (Phi) is 3.55. The van der Waals surface area contributed by atoms with Gasteiger partial charge in [-0.05, 0) is 44.2 Å². The van der Waals surface area contributed by atoms with Gasteiger partial charge in [0, 0.05) is 25.2 Å². The van der Waals surface area contributed by atoms with E-state index in [1.165, 1.54) is 16.7 Å². The normalized spacial score (nSPS) is 28.8. The van der Waals surface area contributed by atoms with Gasteiger partial charge in [0.15, 0.2) is 0 Å². The molecular weight excluding hydrogens is 248 g/mol. The van der Waals surface area contributed by atoms with E-state index in [9.17, 15) is 4.79 Å². The van der Waals surface area contributed by atoms with Gasteiger partial charge < -0.3 is 10.2 Å². The Morgan fingerprint density at radius 3 is 2.95 bits per heavy atom. The van der Waals surface area contributed by atoms with Crippen LogP contribution in [0.1, 0.15) is 30.0 Å². The maximum Gasteiger partial charge on any atom is 0.227 e. The fraction of sp³-hybridized carbons (Fsp3) is 0.588. The van der Waals surface area contributed by atoms with Crippen molar-refractivity contribution in [2.45, 2.75) is 45.7 Å². The second-order valence-electron chi connectivity index (χ2n) is 6.48. The van der Waals surface area contributed by atoms with Crippen LogP contribution in [0.4, 0.5) is 0 Å². The van der Waals surface area contributed by atoms with Gasteiger partial charge in [-0.1, -0.05) is 23.8 Å². The molecule has 1 aromatic rings. The Morgan fingerprint density at radius 2 is 2.15 bits per heavy atom. The average molecular weight is 272 g/mol. The molecule has 2 saturated heterocycles. The van der Waals surface area contributed by atoms with Crippen molar-refractivity contribution in [1.82, 2.24) is 10.2 Å². The number of carbonyl (C=O) groups is 1. The number of fused-ring (bicyclic) bond motifs is 1. The Bertz CT molecular complexity index is 526. The van der Waals surface area contributed by atoms with E-state index in [2.05, 4.69) is 49.2 Å². The van der Waals surface area contributed by atoms with E-state index in [1.807, 2.05) is 0 Å². The molecule has 0 radical (unpaired) electrons. The molecule has 1 aromatic carbocycles. The summed E-state index contributed by atoms with van der Waals surface area (Å²) >= 11 is 0. The molecule has 2 heterocycles. The molecule has 0 aliphatic carbocycles. The van der Waals surface area contributed by atoms with Crippen molar-refractivity contribution in [2.75, 3.05) is 13.1 Å². The Hall–Kier alpha value is -1.35. The summed E-state index contributed by atoms with van der Waals surface area (Å²) in [6.07, 6.45) is 1.69. The predicted octanol–water partition coefficient (Wildman–Crippen LogP) is 2.05. The summed E-state index contributed by atoms with van der Waals surface area (Å²) in [5.41, 5.74) is 3.63. The first-order chi connectivity index (χ1) is 9.56.